The summed E-state index contributed by atoms with van der Waals surface area (Å²) < 4.78 is 1.84. The van der Waals surface area contributed by atoms with Crippen molar-refractivity contribution in [2.75, 3.05) is 0 Å². The summed E-state index contributed by atoms with van der Waals surface area (Å²) in [5, 5.41) is 0. The van der Waals surface area contributed by atoms with Crippen LogP contribution in [-0.4, -0.2) is 46.4 Å². The second-order valence-corrected chi connectivity index (χ2v) is 1.37. The summed E-state index contributed by atoms with van der Waals surface area (Å²) in [4.78, 5) is 0. The van der Waals surface area contributed by atoms with Crippen LogP contribution in [0.3, 0.4) is 0 Å². The Balaban J connectivity index is 0. The van der Waals surface area contributed by atoms with Gasteiger partial charge in [0.25, 0.3) is 0 Å². The Kier molecular flexibility index (Phi) is 19.9. The van der Waals surface area contributed by atoms with Gasteiger partial charge in [-0.3, -0.25) is 0 Å². The van der Waals surface area contributed by atoms with Gasteiger partial charge in [0.1, 0.15) is 0 Å². The Hall–Kier alpha value is 1.34. The summed E-state index contributed by atoms with van der Waals surface area (Å²) in [6.07, 6.45) is 0. The first-order valence-corrected chi connectivity index (χ1v) is 2.34. The van der Waals surface area contributed by atoms with Crippen LogP contribution in [0.1, 0.15) is 0 Å². The summed E-state index contributed by atoms with van der Waals surface area (Å²) in [6, 6.07) is 0. The van der Waals surface area contributed by atoms with Crippen molar-refractivity contribution in [2.24, 2.45) is 0 Å². The van der Waals surface area contributed by atoms with E-state index >= 15 is 0 Å². The molecule has 0 fully saturated rings. The van der Waals surface area contributed by atoms with Crippen LogP contribution in [0.5, 0.6) is 0 Å². The second kappa shape index (κ2) is 8.84. The van der Waals surface area contributed by atoms with Crippen molar-refractivity contribution in [3.8, 4) is 0 Å². The fourth-order valence-electron chi connectivity index (χ4n) is 0. The fourth-order valence-corrected chi connectivity index (χ4v) is 0. The van der Waals surface area contributed by atoms with Crippen LogP contribution in [0.2, 0.25) is 0 Å². The van der Waals surface area contributed by atoms with E-state index in [1.807, 2.05) is 4.09 Å². The molecule has 0 aromatic carbocycles. The van der Waals surface area contributed by atoms with Crippen molar-refractivity contribution in [3.05, 3.63) is 10.7 Å². The zero-order valence-electron chi connectivity index (χ0n) is 2.28. The minimum atomic E-state index is 0. The minimum absolute atomic E-state index is 0. The first-order chi connectivity index (χ1) is 1.41. The molecule has 7 radical (unpaired) electrons. The maximum atomic E-state index is 3.40. The zero-order valence-corrected chi connectivity index (χ0v) is 7.99. The van der Waals surface area contributed by atoms with Gasteiger partial charge in [0, 0.05) is 23.9 Å². The van der Waals surface area contributed by atoms with E-state index in [2.05, 4.69) is 6.58 Å². The smallest absolute Gasteiger partial charge is 0 e. The van der Waals surface area contributed by atoms with E-state index < -0.39 is 0 Å². The third-order valence-electron chi connectivity index (χ3n) is 0. The summed E-state index contributed by atoms with van der Waals surface area (Å²) in [5.74, 6) is 0. The summed E-state index contributed by atoms with van der Waals surface area (Å²) >= 11 is 1.40. The molecule has 0 N–H and O–H groups in total. The summed E-state index contributed by atoms with van der Waals surface area (Å²) in [7, 11) is 0. The van der Waals surface area contributed by atoms with Crippen molar-refractivity contribution in [1.29, 1.82) is 0 Å². The molecular weight excluding hydrogens is 261 g/mol. The van der Waals surface area contributed by atoms with E-state index in [0.717, 1.165) is 0 Å². The molecule has 0 heterocycles. The minimum Gasteiger partial charge on any atom is 0 e. The van der Waals surface area contributed by atoms with Crippen LogP contribution in [0.15, 0.2) is 10.7 Å². The van der Waals surface area contributed by atoms with E-state index in [1.54, 1.807) is 0 Å². The van der Waals surface area contributed by atoms with E-state index in [9.17, 15) is 0 Å². The summed E-state index contributed by atoms with van der Waals surface area (Å²) in [5.41, 5.74) is 0. The molecule has 0 aliphatic rings. The zero-order chi connectivity index (χ0) is 2.71. The first kappa shape index (κ1) is 9.02. The molecule has 0 aromatic rings. The molecule has 0 spiro atoms. The molecule has 0 rings (SSSR count). The molecule has 0 aliphatic carbocycles. The molecule has 19 valence electrons. The van der Waals surface area contributed by atoms with Gasteiger partial charge in [0.15, 0.2) is 0 Å². The maximum absolute atomic E-state index is 3.40. The van der Waals surface area contributed by atoms with E-state index in [0.29, 0.717) is 0 Å². The molecule has 2 heteroatoms. The second-order valence-electron chi connectivity index (χ2n) is 0.204. The standard InChI is InChI=1S/C2H3.2Sn/c1-2;;/h1H,2H2;;. The molecule has 0 aromatic heterocycles. The van der Waals surface area contributed by atoms with Crippen molar-refractivity contribution in [2.45, 2.75) is 0 Å². The van der Waals surface area contributed by atoms with Crippen LogP contribution < -0.4 is 0 Å². The third kappa shape index (κ3) is 10.2. The number of hydrogen-bond acceptors (Lipinski definition) is 0. The molecule has 0 amide bonds. The van der Waals surface area contributed by atoms with E-state index in [4.69, 9.17) is 0 Å². The van der Waals surface area contributed by atoms with Crippen LogP contribution in [0, 0.1) is 0 Å². The van der Waals surface area contributed by atoms with Crippen molar-refractivity contribution >= 4 is 46.4 Å². The quantitative estimate of drug-likeness (QED) is 0.537. The van der Waals surface area contributed by atoms with Crippen LogP contribution in [0.4, 0.5) is 0 Å². The normalized spacial score (nSPS) is 3.25. The largest absolute Gasteiger partial charge is 0 e. The molecule has 0 saturated heterocycles. The van der Waals surface area contributed by atoms with Crippen molar-refractivity contribution in [1.82, 2.24) is 0 Å². The van der Waals surface area contributed by atoms with E-state index in [1.165, 1.54) is 22.5 Å². The Morgan fingerprint density at radius 1 is 1.75 bits per heavy atom. The third-order valence-corrected chi connectivity index (χ3v) is 0. The molecule has 4 heavy (non-hydrogen) atoms. The van der Waals surface area contributed by atoms with Gasteiger partial charge in [0.05, 0.1) is 0 Å². The van der Waals surface area contributed by atoms with Gasteiger partial charge in [-0.1, -0.05) is 0 Å². The van der Waals surface area contributed by atoms with Gasteiger partial charge in [-0.05, 0) is 0 Å². The summed E-state index contributed by atoms with van der Waals surface area (Å²) in [6.45, 7) is 3.40. The molecule has 0 atom stereocenters. The van der Waals surface area contributed by atoms with Crippen LogP contribution in [0.25, 0.3) is 0 Å². The van der Waals surface area contributed by atoms with Gasteiger partial charge >= 0.3 is 33.2 Å². The topological polar surface area (TPSA) is 0 Å². The monoisotopic (exact) mass is 267 g/mol. The van der Waals surface area contributed by atoms with Gasteiger partial charge in [-0.25, -0.2) is 0 Å². The average molecular weight is 264 g/mol. The molecule has 0 saturated carbocycles. The van der Waals surface area contributed by atoms with E-state index in [-0.39, 0.29) is 23.9 Å². The van der Waals surface area contributed by atoms with Gasteiger partial charge in [-0.15, -0.1) is 0 Å². The molecule has 0 bridgehead atoms. The maximum Gasteiger partial charge on any atom is 0 e. The number of hydrogen-bond donors (Lipinski definition) is 0. The Morgan fingerprint density at radius 2 is 1.75 bits per heavy atom. The van der Waals surface area contributed by atoms with Crippen LogP contribution in [-0.2, 0) is 0 Å². The first-order valence-electron chi connectivity index (χ1n) is 0.697. The molecule has 0 unspecified atom stereocenters. The van der Waals surface area contributed by atoms with Gasteiger partial charge in [0.2, 0.25) is 0 Å². The molecule has 0 aliphatic heterocycles. The van der Waals surface area contributed by atoms with Crippen molar-refractivity contribution in [3.63, 3.8) is 0 Å². The SMILES string of the molecule is C=[CH][Sn].[Sn]. The Bertz CT molecular complexity index is 11.5. The van der Waals surface area contributed by atoms with Gasteiger partial charge < -0.3 is 0 Å². The van der Waals surface area contributed by atoms with Gasteiger partial charge in [-0.2, -0.15) is 0 Å². The van der Waals surface area contributed by atoms with Crippen molar-refractivity contribution < 1.29 is 0 Å². The Labute approximate surface area is 56.7 Å². The average Bonchev–Trinajstić information content (AvgIpc) is 0.918. The fraction of sp³-hybridized carbons (Fsp3) is 0. The molecule has 0 nitrogen and oxygen atoms in total. The molecular formula is C2H3Sn2. The predicted molar refractivity (Wildman–Crippen MR) is 21.7 cm³/mol. The Morgan fingerprint density at radius 3 is 1.75 bits per heavy atom. The van der Waals surface area contributed by atoms with Crippen LogP contribution >= 0.6 is 0 Å². The number of rotatable bonds is 0. The predicted octanol–water partition coefficient (Wildman–Crippen LogP) is -0.0824.